The highest BCUT2D eigenvalue weighted by Crippen LogP contribution is 2.44. The number of halogens is 1. The Labute approximate surface area is 111 Å². The van der Waals surface area contributed by atoms with Gasteiger partial charge in [-0.2, -0.15) is 0 Å². The Hall–Kier alpha value is -1.46. The van der Waals surface area contributed by atoms with Crippen molar-refractivity contribution in [2.75, 3.05) is 25.1 Å². The maximum Gasteiger partial charge on any atom is 0.259 e. The molecule has 1 amide bonds. The molecule has 2 aliphatic heterocycles. The Bertz CT molecular complexity index is 500. The molecule has 0 aliphatic carbocycles. The molecular weight excluding hydrogens is 247 g/mol. The van der Waals surface area contributed by atoms with Gasteiger partial charge in [-0.3, -0.25) is 4.79 Å². The Balaban J connectivity index is 1.97. The highest BCUT2D eigenvalue weighted by atomic mass is 19.1. The van der Waals surface area contributed by atoms with Gasteiger partial charge < -0.3 is 15.0 Å². The number of benzene rings is 1. The quantitative estimate of drug-likeness (QED) is 0.819. The zero-order valence-electron chi connectivity index (χ0n) is 10.9. The molecule has 3 rings (SSSR count). The summed E-state index contributed by atoms with van der Waals surface area (Å²) in [6, 6.07) is 6.20. The van der Waals surface area contributed by atoms with Crippen LogP contribution in [-0.4, -0.2) is 37.7 Å². The van der Waals surface area contributed by atoms with Crippen LogP contribution in [0.4, 0.5) is 10.1 Å². The first-order valence-corrected chi connectivity index (χ1v) is 6.52. The van der Waals surface area contributed by atoms with E-state index in [1.165, 1.54) is 12.1 Å². The molecule has 2 heterocycles. The van der Waals surface area contributed by atoms with Gasteiger partial charge in [0.1, 0.15) is 5.82 Å². The first-order chi connectivity index (χ1) is 9.19. The lowest BCUT2D eigenvalue weighted by Crippen LogP contribution is -2.77. The summed E-state index contributed by atoms with van der Waals surface area (Å²) in [5, 5.41) is 3.28. The number of hydrogen-bond donors (Lipinski definition) is 1. The van der Waals surface area contributed by atoms with E-state index in [0.29, 0.717) is 5.69 Å². The summed E-state index contributed by atoms with van der Waals surface area (Å²) in [4.78, 5) is 13.9. The van der Waals surface area contributed by atoms with E-state index in [0.717, 1.165) is 25.9 Å². The Morgan fingerprint density at radius 2 is 2.16 bits per heavy atom. The number of nitrogens with zero attached hydrogens (tertiary/aromatic N) is 1. The van der Waals surface area contributed by atoms with Gasteiger partial charge in [0.25, 0.3) is 5.91 Å². The predicted octanol–water partition coefficient (Wildman–Crippen LogP) is 1.31. The van der Waals surface area contributed by atoms with Crippen LogP contribution in [0.15, 0.2) is 24.3 Å². The fourth-order valence-electron chi connectivity index (χ4n) is 3.28. The standard InChI is InChI=1S/C14H17FN2O2/c1-19-12-13(18)17(11-4-2-3-10(15)9-11)14(12)5-7-16-8-6-14/h2-4,9,12,16H,5-8H2,1H3. The molecule has 2 saturated heterocycles. The molecule has 1 spiro atoms. The third kappa shape index (κ3) is 1.76. The van der Waals surface area contributed by atoms with Crippen LogP contribution in [0.5, 0.6) is 0 Å². The van der Waals surface area contributed by atoms with E-state index in [9.17, 15) is 9.18 Å². The van der Waals surface area contributed by atoms with Crippen molar-refractivity contribution in [1.82, 2.24) is 5.32 Å². The first kappa shape index (κ1) is 12.6. The highest BCUT2D eigenvalue weighted by Gasteiger charge is 2.61. The molecule has 1 atom stereocenters. The molecule has 1 N–H and O–H groups in total. The molecule has 2 aliphatic rings. The van der Waals surface area contributed by atoms with Crippen molar-refractivity contribution in [1.29, 1.82) is 0 Å². The Morgan fingerprint density at radius 1 is 1.42 bits per heavy atom. The van der Waals surface area contributed by atoms with Crippen molar-refractivity contribution in [3.8, 4) is 0 Å². The average molecular weight is 264 g/mol. The first-order valence-electron chi connectivity index (χ1n) is 6.52. The van der Waals surface area contributed by atoms with Crippen LogP contribution in [-0.2, 0) is 9.53 Å². The van der Waals surface area contributed by atoms with E-state index in [1.54, 1.807) is 24.1 Å². The number of rotatable bonds is 2. The number of β-lactam (4-membered cyclic amide) rings is 1. The molecule has 0 radical (unpaired) electrons. The maximum atomic E-state index is 13.4. The van der Waals surface area contributed by atoms with Crippen LogP contribution >= 0.6 is 0 Å². The minimum Gasteiger partial charge on any atom is -0.369 e. The summed E-state index contributed by atoms with van der Waals surface area (Å²) < 4.78 is 18.7. The van der Waals surface area contributed by atoms with E-state index < -0.39 is 6.10 Å². The topological polar surface area (TPSA) is 41.6 Å². The molecular formula is C14H17FN2O2. The van der Waals surface area contributed by atoms with Gasteiger partial charge in [-0.15, -0.1) is 0 Å². The summed E-state index contributed by atoms with van der Waals surface area (Å²) in [5.74, 6) is -0.398. The van der Waals surface area contributed by atoms with Crippen molar-refractivity contribution in [3.63, 3.8) is 0 Å². The minimum atomic E-state index is -0.405. The Morgan fingerprint density at radius 3 is 2.79 bits per heavy atom. The number of nitrogens with one attached hydrogen (secondary N) is 1. The summed E-state index contributed by atoms with van der Waals surface area (Å²) in [6.07, 6.45) is 1.25. The van der Waals surface area contributed by atoms with Crippen LogP contribution in [0.1, 0.15) is 12.8 Å². The molecule has 102 valence electrons. The second-order valence-corrected chi connectivity index (χ2v) is 5.12. The zero-order chi connectivity index (χ0) is 13.5. The number of amides is 1. The lowest BCUT2D eigenvalue weighted by atomic mass is 9.73. The third-order valence-corrected chi connectivity index (χ3v) is 4.15. The predicted molar refractivity (Wildman–Crippen MR) is 69.5 cm³/mol. The van der Waals surface area contributed by atoms with Crippen molar-refractivity contribution in [3.05, 3.63) is 30.1 Å². The van der Waals surface area contributed by atoms with Gasteiger partial charge in [0, 0.05) is 12.8 Å². The van der Waals surface area contributed by atoms with Crippen LogP contribution in [0, 0.1) is 5.82 Å². The van der Waals surface area contributed by atoms with Crippen LogP contribution in [0.3, 0.4) is 0 Å². The van der Waals surface area contributed by atoms with Crippen molar-refractivity contribution < 1.29 is 13.9 Å². The largest absolute Gasteiger partial charge is 0.369 e. The number of carbonyl (C=O) groups excluding carboxylic acids is 1. The Kier molecular flexibility index (Phi) is 3.03. The number of ether oxygens (including phenoxy) is 1. The molecule has 1 unspecified atom stereocenters. The zero-order valence-corrected chi connectivity index (χ0v) is 10.9. The van der Waals surface area contributed by atoms with Gasteiger partial charge >= 0.3 is 0 Å². The normalized spacial score (nSPS) is 25.5. The van der Waals surface area contributed by atoms with Crippen molar-refractivity contribution in [2.24, 2.45) is 0 Å². The van der Waals surface area contributed by atoms with Crippen LogP contribution in [0.2, 0.25) is 0 Å². The summed E-state index contributed by atoms with van der Waals surface area (Å²) in [5.41, 5.74) is 0.311. The van der Waals surface area contributed by atoms with E-state index in [2.05, 4.69) is 5.32 Å². The third-order valence-electron chi connectivity index (χ3n) is 4.15. The van der Waals surface area contributed by atoms with Crippen LogP contribution in [0.25, 0.3) is 0 Å². The van der Waals surface area contributed by atoms with Crippen LogP contribution < -0.4 is 10.2 Å². The maximum absolute atomic E-state index is 13.4. The average Bonchev–Trinajstić information content (AvgIpc) is 2.40. The summed E-state index contributed by atoms with van der Waals surface area (Å²) in [7, 11) is 1.56. The highest BCUT2D eigenvalue weighted by molar-refractivity contribution is 6.06. The second-order valence-electron chi connectivity index (χ2n) is 5.12. The molecule has 0 aromatic heterocycles. The molecule has 0 bridgehead atoms. The SMILES string of the molecule is COC1C(=O)N(c2cccc(F)c2)C12CCNCC2. The summed E-state index contributed by atoms with van der Waals surface area (Å²) >= 11 is 0. The van der Waals surface area contributed by atoms with E-state index in [1.807, 2.05) is 0 Å². The van der Waals surface area contributed by atoms with Crippen molar-refractivity contribution >= 4 is 11.6 Å². The summed E-state index contributed by atoms with van der Waals surface area (Å²) in [6.45, 7) is 1.69. The van der Waals surface area contributed by atoms with Gasteiger partial charge in [0.15, 0.2) is 6.10 Å². The van der Waals surface area contributed by atoms with E-state index >= 15 is 0 Å². The number of anilines is 1. The number of piperidine rings is 1. The van der Waals surface area contributed by atoms with Gasteiger partial charge in [-0.25, -0.2) is 4.39 Å². The van der Waals surface area contributed by atoms with Gasteiger partial charge in [0.05, 0.1) is 5.54 Å². The van der Waals surface area contributed by atoms with Gasteiger partial charge in [-0.1, -0.05) is 6.07 Å². The number of carbonyl (C=O) groups is 1. The minimum absolute atomic E-state index is 0.0741. The fraction of sp³-hybridized carbons (Fsp3) is 0.500. The van der Waals surface area contributed by atoms with E-state index in [-0.39, 0.29) is 17.3 Å². The fourth-order valence-corrected chi connectivity index (χ4v) is 3.28. The lowest BCUT2D eigenvalue weighted by molar-refractivity contribution is -0.149. The number of methoxy groups -OCH3 is 1. The van der Waals surface area contributed by atoms with Crippen molar-refractivity contribution in [2.45, 2.75) is 24.5 Å². The molecule has 5 heteroatoms. The smallest absolute Gasteiger partial charge is 0.259 e. The van der Waals surface area contributed by atoms with Gasteiger partial charge in [-0.05, 0) is 44.1 Å². The molecule has 1 aromatic rings. The molecule has 2 fully saturated rings. The lowest BCUT2D eigenvalue weighted by Gasteiger charge is -2.58. The molecule has 19 heavy (non-hydrogen) atoms. The molecule has 0 saturated carbocycles. The van der Waals surface area contributed by atoms with Gasteiger partial charge in [0.2, 0.25) is 0 Å². The van der Waals surface area contributed by atoms with E-state index in [4.69, 9.17) is 4.74 Å². The monoisotopic (exact) mass is 264 g/mol. The number of hydrogen-bond acceptors (Lipinski definition) is 3. The molecule has 4 nitrogen and oxygen atoms in total. The molecule has 1 aromatic carbocycles. The second kappa shape index (κ2) is 4.58.